The summed E-state index contributed by atoms with van der Waals surface area (Å²) in [5.74, 6) is 0.629. The fourth-order valence-corrected chi connectivity index (χ4v) is 1.44. The van der Waals surface area contributed by atoms with Crippen LogP contribution in [0.3, 0.4) is 0 Å². The molecule has 102 valence electrons. The number of nitrogens with two attached hydrogens (primary N) is 1. The number of ether oxygens (including phenoxy) is 1. The topological polar surface area (TPSA) is 67.5 Å². The molecule has 4 N–H and O–H groups in total. The van der Waals surface area contributed by atoms with Crippen LogP contribution in [0.1, 0.15) is 26.3 Å². The maximum atomic E-state index is 9.81. The lowest BCUT2D eigenvalue weighted by Crippen LogP contribution is -2.42. The van der Waals surface area contributed by atoms with Gasteiger partial charge in [-0.1, -0.05) is 6.07 Å². The number of anilines is 1. The van der Waals surface area contributed by atoms with Crippen LogP contribution in [0.4, 0.5) is 5.69 Å². The highest BCUT2D eigenvalue weighted by Crippen LogP contribution is 2.22. The molecule has 0 amide bonds. The Hall–Kier alpha value is -1.26. The first-order chi connectivity index (χ1) is 8.28. The van der Waals surface area contributed by atoms with Gasteiger partial charge >= 0.3 is 0 Å². The predicted octanol–water partition coefficient (Wildman–Crippen LogP) is 1.71. The van der Waals surface area contributed by atoms with E-state index in [4.69, 9.17) is 10.5 Å². The van der Waals surface area contributed by atoms with E-state index in [0.29, 0.717) is 18.0 Å². The van der Waals surface area contributed by atoms with Crippen LogP contribution >= 0.6 is 0 Å². The second-order valence-electron chi connectivity index (χ2n) is 5.64. The Bertz CT molecular complexity index is 386. The largest absolute Gasteiger partial charge is 0.489 e. The molecule has 0 saturated carbocycles. The van der Waals surface area contributed by atoms with Gasteiger partial charge in [0.2, 0.25) is 0 Å². The summed E-state index contributed by atoms with van der Waals surface area (Å²) >= 11 is 0. The van der Waals surface area contributed by atoms with Crippen molar-refractivity contribution < 1.29 is 9.84 Å². The molecule has 0 aliphatic carbocycles. The smallest absolute Gasteiger partial charge is 0.142 e. The Labute approximate surface area is 109 Å². The van der Waals surface area contributed by atoms with Gasteiger partial charge in [0, 0.05) is 12.1 Å². The number of β-amino-alcohol motifs (C(OH)–C–C–N with tert-alkyl or cyclic N) is 1. The molecule has 0 heterocycles. The minimum absolute atomic E-state index is 0.0106. The number of aryl methyl sites for hydroxylation is 1. The van der Waals surface area contributed by atoms with E-state index in [-0.39, 0.29) is 12.1 Å². The maximum absolute atomic E-state index is 9.81. The molecule has 0 radical (unpaired) electrons. The molecule has 1 aromatic carbocycles. The average molecular weight is 252 g/mol. The summed E-state index contributed by atoms with van der Waals surface area (Å²) < 4.78 is 5.53. The molecule has 0 aliphatic rings. The van der Waals surface area contributed by atoms with Crippen LogP contribution in [0.15, 0.2) is 18.2 Å². The van der Waals surface area contributed by atoms with Crippen molar-refractivity contribution >= 4 is 5.69 Å². The third kappa shape index (κ3) is 5.38. The Morgan fingerprint density at radius 3 is 2.67 bits per heavy atom. The minimum atomic E-state index is -0.552. The van der Waals surface area contributed by atoms with Crippen LogP contribution in [-0.2, 0) is 0 Å². The Morgan fingerprint density at radius 1 is 1.39 bits per heavy atom. The van der Waals surface area contributed by atoms with Crippen LogP contribution in [-0.4, -0.2) is 29.9 Å². The monoisotopic (exact) mass is 252 g/mol. The van der Waals surface area contributed by atoms with Gasteiger partial charge in [-0.2, -0.15) is 0 Å². The predicted molar refractivity (Wildman–Crippen MR) is 74.8 cm³/mol. The molecule has 4 heteroatoms. The van der Waals surface area contributed by atoms with Gasteiger partial charge in [-0.15, -0.1) is 0 Å². The molecule has 1 rings (SSSR count). The van der Waals surface area contributed by atoms with Gasteiger partial charge in [0.25, 0.3) is 0 Å². The standard InChI is InChI=1S/C14H24N2O2/c1-10-5-6-12(15)13(7-10)18-9-11(17)8-16-14(2,3)4/h5-7,11,16-17H,8-9,15H2,1-4H3. The van der Waals surface area contributed by atoms with Gasteiger partial charge in [0.15, 0.2) is 0 Å². The van der Waals surface area contributed by atoms with Crippen molar-refractivity contribution in [3.05, 3.63) is 23.8 Å². The molecule has 0 saturated heterocycles. The molecule has 0 bridgehead atoms. The Balaban J connectivity index is 2.42. The van der Waals surface area contributed by atoms with Crippen molar-refractivity contribution in [2.45, 2.75) is 39.3 Å². The summed E-state index contributed by atoms with van der Waals surface area (Å²) in [4.78, 5) is 0. The van der Waals surface area contributed by atoms with E-state index < -0.39 is 6.10 Å². The van der Waals surface area contributed by atoms with Crippen molar-refractivity contribution in [1.29, 1.82) is 0 Å². The van der Waals surface area contributed by atoms with Crippen LogP contribution in [0.5, 0.6) is 5.75 Å². The highest BCUT2D eigenvalue weighted by Gasteiger charge is 2.13. The molecule has 1 aromatic rings. The summed E-state index contributed by atoms with van der Waals surface area (Å²) in [7, 11) is 0. The molecule has 1 atom stereocenters. The van der Waals surface area contributed by atoms with Crippen molar-refractivity contribution in [3.8, 4) is 5.75 Å². The van der Waals surface area contributed by atoms with E-state index >= 15 is 0 Å². The van der Waals surface area contributed by atoms with E-state index in [1.165, 1.54) is 0 Å². The van der Waals surface area contributed by atoms with Crippen molar-refractivity contribution in [2.75, 3.05) is 18.9 Å². The molecule has 0 aromatic heterocycles. The van der Waals surface area contributed by atoms with Crippen LogP contribution < -0.4 is 15.8 Å². The third-order valence-electron chi connectivity index (χ3n) is 2.47. The summed E-state index contributed by atoms with van der Waals surface area (Å²) in [5, 5.41) is 13.0. The van der Waals surface area contributed by atoms with Crippen molar-refractivity contribution in [3.63, 3.8) is 0 Å². The van der Waals surface area contributed by atoms with Gasteiger partial charge in [0.1, 0.15) is 18.5 Å². The zero-order valence-corrected chi connectivity index (χ0v) is 11.7. The lowest BCUT2D eigenvalue weighted by molar-refractivity contribution is 0.100. The third-order valence-corrected chi connectivity index (χ3v) is 2.47. The number of aliphatic hydroxyl groups excluding tert-OH is 1. The highest BCUT2D eigenvalue weighted by atomic mass is 16.5. The maximum Gasteiger partial charge on any atom is 0.142 e. The van der Waals surface area contributed by atoms with Crippen molar-refractivity contribution in [2.24, 2.45) is 0 Å². The number of benzene rings is 1. The Morgan fingerprint density at radius 2 is 2.06 bits per heavy atom. The fourth-order valence-electron chi connectivity index (χ4n) is 1.44. The first-order valence-corrected chi connectivity index (χ1v) is 6.20. The molecule has 0 fully saturated rings. The first kappa shape index (κ1) is 14.8. The highest BCUT2D eigenvalue weighted by molar-refractivity contribution is 5.53. The number of hydrogen-bond acceptors (Lipinski definition) is 4. The normalized spacial score (nSPS) is 13.4. The Kier molecular flexibility index (Phi) is 4.99. The zero-order valence-electron chi connectivity index (χ0n) is 11.7. The second kappa shape index (κ2) is 6.07. The number of nitrogens with one attached hydrogen (secondary N) is 1. The van der Waals surface area contributed by atoms with Crippen LogP contribution in [0.25, 0.3) is 0 Å². The molecular formula is C14H24N2O2. The van der Waals surface area contributed by atoms with E-state index in [1.807, 2.05) is 25.1 Å². The van der Waals surface area contributed by atoms with Crippen LogP contribution in [0, 0.1) is 6.92 Å². The molecule has 4 nitrogen and oxygen atoms in total. The van der Waals surface area contributed by atoms with Gasteiger partial charge < -0.3 is 20.9 Å². The fraction of sp³-hybridized carbons (Fsp3) is 0.571. The number of nitrogen functional groups attached to an aromatic ring is 1. The average Bonchev–Trinajstić information content (AvgIpc) is 2.26. The second-order valence-corrected chi connectivity index (χ2v) is 5.64. The lowest BCUT2D eigenvalue weighted by Gasteiger charge is -2.23. The van der Waals surface area contributed by atoms with E-state index in [2.05, 4.69) is 26.1 Å². The summed E-state index contributed by atoms with van der Waals surface area (Å²) in [5.41, 5.74) is 7.46. The number of rotatable bonds is 5. The summed E-state index contributed by atoms with van der Waals surface area (Å²) in [6.07, 6.45) is -0.552. The molecule has 0 spiro atoms. The van der Waals surface area contributed by atoms with E-state index in [0.717, 1.165) is 5.56 Å². The quantitative estimate of drug-likeness (QED) is 0.698. The van der Waals surface area contributed by atoms with Gasteiger partial charge in [0.05, 0.1) is 5.69 Å². The lowest BCUT2D eigenvalue weighted by atomic mass is 10.1. The van der Waals surface area contributed by atoms with E-state index in [1.54, 1.807) is 0 Å². The zero-order chi connectivity index (χ0) is 13.8. The van der Waals surface area contributed by atoms with Crippen LogP contribution in [0.2, 0.25) is 0 Å². The molecule has 18 heavy (non-hydrogen) atoms. The summed E-state index contributed by atoms with van der Waals surface area (Å²) in [6, 6.07) is 5.61. The van der Waals surface area contributed by atoms with Gasteiger partial charge in [-0.3, -0.25) is 0 Å². The SMILES string of the molecule is Cc1ccc(N)c(OCC(O)CNC(C)(C)C)c1. The van der Waals surface area contributed by atoms with Gasteiger partial charge in [-0.05, 0) is 45.4 Å². The number of aliphatic hydroxyl groups is 1. The van der Waals surface area contributed by atoms with Gasteiger partial charge in [-0.25, -0.2) is 0 Å². The summed E-state index contributed by atoms with van der Waals surface area (Å²) in [6.45, 7) is 8.87. The molecular weight excluding hydrogens is 228 g/mol. The minimum Gasteiger partial charge on any atom is -0.489 e. The molecule has 1 unspecified atom stereocenters. The first-order valence-electron chi connectivity index (χ1n) is 6.20. The van der Waals surface area contributed by atoms with E-state index in [9.17, 15) is 5.11 Å². The van der Waals surface area contributed by atoms with Crippen molar-refractivity contribution in [1.82, 2.24) is 5.32 Å². The number of hydrogen-bond donors (Lipinski definition) is 3. The molecule has 0 aliphatic heterocycles.